The standard InChI is InChI=1S/C13H12ClN3O3/c1-7-5-11(14)16-13(15-7)17-12(19)8-3-4-10(20-2)9(18)6-8/h3-6,18H,1-2H3,(H,15,16,17,19). The molecule has 0 unspecified atom stereocenters. The zero-order valence-corrected chi connectivity index (χ0v) is 11.6. The molecule has 1 aromatic carbocycles. The highest BCUT2D eigenvalue weighted by Gasteiger charge is 2.11. The first kappa shape index (κ1) is 14.1. The van der Waals surface area contributed by atoms with E-state index in [0.717, 1.165) is 0 Å². The summed E-state index contributed by atoms with van der Waals surface area (Å²) in [5.41, 5.74) is 0.891. The van der Waals surface area contributed by atoms with E-state index in [4.69, 9.17) is 16.3 Å². The maximum atomic E-state index is 12.0. The Morgan fingerprint density at radius 1 is 1.35 bits per heavy atom. The molecule has 0 bridgehead atoms. The number of amides is 1. The van der Waals surface area contributed by atoms with Gasteiger partial charge in [-0.3, -0.25) is 10.1 Å². The van der Waals surface area contributed by atoms with E-state index in [1.807, 2.05) is 0 Å². The first-order chi connectivity index (χ1) is 9.49. The Morgan fingerprint density at radius 2 is 2.10 bits per heavy atom. The molecule has 104 valence electrons. The van der Waals surface area contributed by atoms with Crippen molar-refractivity contribution in [2.45, 2.75) is 6.92 Å². The van der Waals surface area contributed by atoms with E-state index in [1.165, 1.54) is 25.3 Å². The van der Waals surface area contributed by atoms with Crippen LogP contribution in [-0.2, 0) is 0 Å². The highest BCUT2D eigenvalue weighted by molar-refractivity contribution is 6.29. The van der Waals surface area contributed by atoms with Gasteiger partial charge in [0.2, 0.25) is 5.95 Å². The van der Waals surface area contributed by atoms with Crippen LogP contribution in [0.4, 0.5) is 5.95 Å². The molecule has 1 aromatic heterocycles. The fraction of sp³-hybridized carbons (Fsp3) is 0.154. The van der Waals surface area contributed by atoms with Crippen LogP contribution in [0.2, 0.25) is 5.15 Å². The fourth-order valence-corrected chi connectivity index (χ4v) is 1.83. The predicted molar refractivity (Wildman–Crippen MR) is 74.4 cm³/mol. The predicted octanol–water partition coefficient (Wildman–Crippen LogP) is 2.40. The monoisotopic (exact) mass is 293 g/mol. The molecule has 1 heterocycles. The summed E-state index contributed by atoms with van der Waals surface area (Å²) in [5.74, 6) is -0.181. The van der Waals surface area contributed by atoms with Crippen molar-refractivity contribution >= 4 is 23.5 Å². The second kappa shape index (κ2) is 5.75. The number of carbonyl (C=O) groups is 1. The van der Waals surface area contributed by atoms with Crippen LogP contribution >= 0.6 is 11.6 Å². The van der Waals surface area contributed by atoms with Gasteiger partial charge in [-0.2, -0.15) is 0 Å². The van der Waals surface area contributed by atoms with Crippen LogP contribution in [0.1, 0.15) is 16.1 Å². The van der Waals surface area contributed by atoms with Crippen molar-refractivity contribution in [3.8, 4) is 11.5 Å². The highest BCUT2D eigenvalue weighted by atomic mass is 35.5. The summed E-state index contributed by atoms with van der Waals surface area (Å²) in [6, 6.07) is 5.89. The number of carbonyl (C=O) groups excluding carboxylic acids is 1. The van der Waals surface area contributed by atoms with Gasteiger partial charge in [-0.05, 0) is 31.2 Å². The van der Waals surface area contributed by atoms with Crippen LogP contribution in [0.5, 0.6) is 11.5 Å². The third kappa shape index (κ3) is 3.16. The highest BCUT2D eigenvalue weighted by Crippen LogP contribution is 2.26. The van der Waals surface area contributed by atoms with Gasteiger partial charge >= 0.3 is 0 Å². The minimum atomic E-state index is -0.454. The summed E-state index contributed by atoms with van der Waals surface area (Å²) in [6.45, 7) is 1.74. The third-order valence-electron chi connectivity index (χ3n) is 2.49. The van der Waals surface area contributed by atoms with Crippen molar-refractivity contribution in [1.82, 2.24) is 9.97 Å². The average Bonchev–Trinajstić information content (AvgIpc) is 2.37. The number of aromatic nitrogens is 2. The molecule has 6 nitrogen and oxygen atoms in total. The quantitative estimate of drug-likeness (QED) is 0.849. The number of aryl methyl sites for hydroxylation is 1. The largest absolute Gasteiger partial charge is 0.504 e. The number of hydrogen-bond donors (Lipinski definition) is 2. The van der Waals surface area contributed by atoms with Crippen molar-refractivity contribution in [1.29, 1.82) is 0 Å². The Labute approximate surface area is 120 Å². The molecular weight excluding hydrogens is 282 g/mol. The summed E-state index contributed by atoms with van der Waals surface area (Å²) in [5, 5.41) is 12.4. The van der Waals surface area contributed by atoms with Crippen molar-refractivity contribution in [3.05, 3.63) is 40.7 Å². The molecule has 0 saturated carbocycles. The van der Waals surface area contributed by atoms with E-state index in [9.17, 15) is 9.90 Å². The molecule has 0 aliphatic heterocycles. The number of phenolic OH excluding ortho intramolecular Hbond substituents is 1. The number of phenols is 1. The molecule has 0 radical (unpaired) electrons. The van der Waals surface area contributed by atoms with Crippen molar-refractivity contribution in [2.75, 3.05) is 12.4 Å². The van der Waals surface area contributed by atoms with Gasteiger partial charge < -0.3 is 9.84 Å². The molecule has 2 aromatic rings. The fourth-order valence-electron chi connectivity index (χ4n) is 1.59. The molecule has 0 spiro atoms. The van der Waals surface area contributed by atoms with E-state index in [0.29, 0.717) is 5.69 Å². The molecule has 0 aliphatic carbocycles. The van der Waals surface area contributed by atoms with Crippen molar-refractivity contribution in [3.63, 3.8) is 0 Å². The molecule has 0 saturated heterocycles. The smallest absolute Gasteiger partial charge is 0.258 e. The van der Waals surface area contributed by atoms with Crippen LogP contribution in [0.3, 0.4) is 0 Å². The van der Waals surface area contributed by atoms with E-state index < -0.39 is 5.91 Å². The maximum absolute atomic E-state index is 12.0. The average molecular weight is 294 g/mol. The summed E-state index contributed by atoms with van der Waals surface area (Å²) < 4.78 is 4.91. The second-order valence-corrected chi connectivity index (χ2v) is 4.38. The summed E-state index contributed by atoms with van der Waals surface area (Å²) in [6.07, 6.45) is 0. The number of nitrogens with one attached hydrogen (secondary N) is 1. The SMILES string of the molecule is COc1ccc(C(=O)Nc2nc(C)cc(Cl)n2)cc1O. The van der Waals surface area contributed by atoms with Gasteiger partial charge in [-0.1, -0.05) is 11.6 Å². The number of aromatic hydroxyl groups is 1. The maximum Gasteiger partial charge on any atom is 0.258 e. The Hall–Kier alpha value is -2.34. The van der Waals surface area contributed by atoms with Crippen LogP contribution < -0.4 is 10.1 Å². The Morgan fingerprint density at radius 3 is 2.70 bits per heavy atom. The van der Waals surface area contributed by atoms with Crippen LogP contribution in [0.25, 0.3) is 0 Å². The molecule has 2 rings (SSSR count). The normalized spacial score (nSPS) is 10.2. The Bertz CT molecular complexity index is 641. The van der Waals surface area contributed by atoms with E-state index in [1.54, 1.807) is 13.0 Å². The lowest BCUT2D eigenvalue weighted by Crippen LogP contribution is -2.14. The van der Waals surface area contributed by atoms with Gasteiger partial charge in [-0.25, -0.2) is 9.97 Å². The molecule has 7 heteroatoms. The number of methoxy groups -OCH3 is 1. The molecule has 0 fully saturated rings. The number of nitrogens with zero attached hydrogens (tertiary/aromatic N) is 2. The van der Waals surface area contributed by atoms with Crippen LogP contribution in [-0.4, -0.2) is 28.1 Å². The third-order valence-corrected chi connectivity index (χ3v) is 2.68. The summed E-state index contributed by atoms with van der Waals surface area (Å²) >= 11 is 5.79. The number of anilines is 1. The number of hydrogen-bond acceptors (Lipinski definition) is 5. The molecule has 2 N–H and O–H groups in total. The molecular formula is C13H12ClN3O3. The van der Waals surface area contributed by atoms with Gasteiger partial charge in [0, 0.05) is 11.3 Å². The minimum absolute atomic E-state index is 0.107. The minimum Gasteiger partial charge on any atom is -0.504 e. The first-order valence-electron chi connectivity index (χ1n) is 5.69. The summed E-state index contributed by atoms with van der Waals surface area (Å²) in [4.78, 5) is 19.9. The second-order valence-electron chi connectivity index (χ2n) is 4.00. The molecule has 0 atom stereocenters. The lowest BCUT2D eigenvalue weighted by Gasteiger charge is -2.07. The van der Waals surface area contributed by atoms with E-state index in [2.05, 4.69) is 15.3 Å². The molecule has 20 heavy (non-hydrogen) atoms. The van der Waals surface area contributed by atoms with Crippen LogP contribution in [0.15, 0.2) is 24.3 Å². The lowest BCUT2D eigenvalue weighted by molar-refractivity contribution is 0.102. The number of halogens is 1. The number of rotatable bonds is 3. The van der Waals surface area contributed by atoms with Gasteiger partial charge in [0.25, 0.3) is 5.91 Å². The summed E-state index contributed by atoms with van der Waals surface area (Å²) in [7, 11) is 1.43. The Kier molecular flexibility index (Phi) is 4.05. The zero-order valence-electron chi connectivity index (χ0n) is 10.8. The van der Waals surface area contributed by atoms with Gasteiger partial charge in [0.1, 0.15) is 5.15 Å². The van der Waals surface area contributed by atoms with E-state index in [-0.39, 0.29) is 28.2 Å². The van der Waals surface area contributed by atoms with Gasteiger partial charge in [0.15, 0.2) is 11.5 Å². The topological polar surface area (TPSA) is 84.3 Å². The number of ether oxygens (including phenoxy) is 1. The van der Waals surface area contributed by atoms with E-state index >= 15 is 0 Å². The molecule has 1 amide bonds. The van der Waals surface area contributed by atoms with Crippen molar-refractivity contribution in [2.24, 2.45) is 0 Å². The van der Waals surface area contributed by atoms with Gasteiger partial charge in [-0.15, -0.1) is 0 Å². The Balaban J connectivity index is 2.21. The number of benzene rings is 1. The molecule has 0 aliphatic rings. The first-order valence-corrected chi connectivity index (χ1v) is 6.07. The zero-order chi connectivity index (χ0) is 14.7. The van der Waals surface area contributed by atoms with Crippen LogP contribution in [0, 0.1) is 6.92 Å². The van der Waals surface area contributed by atoms with Crippen molar-refractivity contribution < 1.29 is 14.6 Å². The van der Waals surface area contributed by atoms with Gasteiger partial charge in [0.05, 0.1) is 7.11 Å². The lowest BCUT2D eigenvalue weighted by atomic mass is 10.2.